The zero-order valence-corrected chi connectivity index (χ0v) is 13.6. The topological polar surface area (TPSA) is 78.6 Å². The minimum Gasteiger partial charge on any atom is -0.387 e. The SMILES string of the molecule is NCc1ccccc1C(O)CN1CCNC(=O)C1c1ccccc1. The Kier molecular flexibility index (Phi) is 5.25. The number of nitrogens with zero attached hydrogens (tertiary/aromatic N) is 1. The number of piperazine rings is 1. The molecule has 2 aromatic carbocycles. The van der Waals surface area contributed by atoms with Gasteiger partial charge in [-0.2, -0.15) is 0 Å². The zero-order valence-electron chi connectivity index (χ0n) is 13.6. The fraction of sp³-hybridized carbons (Fsp3) is 0.316. The van der Waals surface area contributed by atoms with E-state index in [-0.39, 0.29) is 11.9 Å². The van der Waals surface area contributed by atoms with E-state index in [1.165, 1.54) is 0 Å². The maximum Gasteiger partial charge on any atom is 0.242 e. The van der Waals surface area contributed by atoms with Crippen LogP contribution in [0.2, 0.25) is 0 Å². The van der Waals surface area contributed by atoms with E-state index >= 15 is 0 Å². The Morgan fingerprint density at radius 1 is 1.17 bits per heavy atom. The van der Waals surface area contributed by atoms with Crippen molar-refractivity contribution in [1.29, 1.82) is 0 Å². The number of nitrogens with two attached hydrogens (primary N) is 1. The molecule has 3 rings (SSSR count). The Hall–Kier alpha value is -2.21. The smallest absolute Gasteiger partial charge is 0.242 e. The molecule has 1 heterocycles. The molecule has 1 fully saturated rings. The molecule has 2 unspecified atom stereocenters. The standard InChI is InChI=1S/C19H23N3O2/c20-12-15-8-4-5-9-16(15)17(23)13-22-11-10-21-19(24)18(22)14-6-2-1-3-7-14/h1-9,17-18,23H,10-13,20H2,(H,21,24). The summed E-state index contributed by atoms with van der Waals surface area (Å²) in [5.74, 6) is -0.0215. The summed E-state index contributed by atoms with van der Waals surface area (Å²) in [4.78, 5) is 14.4. The average Bonchev–Trinajstić information content (AvgIpc) is 2.62. The van der Waals surface area contributed by atoms with Gasteiger partial charge in [-0.1, -0.05) is 54.6 Å². The lowest BCUT2D eigenvalue weighted by atomic mass is 9.98. The molecule has 5 heteroatoms. The number of aliphatic hydroxyl groups is 1. The maximum absolute atomic E-state index is 12.4. The third kappa shape index (κ3) is 3.48. The molecule has 2 aromatic rings. The Morgan fingerprint density at radius 2 is 1.88 bits per heavy atom. The van der Waals surface area contributed by atoms with Gasteiger partial charge in [-0.15, -0.1) is 0 Å². The van der Waals surface area contributed by atoms with Gasteiger partial charge >= 0.3 is 0 Å². The van der Waals surface area contributed by atoms with E-state index in [1.54, 1.807) is 0 Å². The normalized spacial score (nSPS) is 19.8. The maximum atomic E-state index is 12.4. The Labute approximate surface area is 142 Å². The van der Waals surface area contributed by atoms with E-state index < -0.39 is 6.10 Å². The molecule has 0 aromatic heterocycles. The van der Waals surface area contributed by atoms with E-state index in [2.05, 4.69) is 5.32 Å². The van der Waals surface area contributed by atoms with Crippen LogP contribution in [0.4, 0.5) is 0 Å². The summed E-state index contributed by atoms with van der Waals surface area (Å²) in [5, 5.41) is 13.6. The number of nitrogens with one attached hydrogen (secondary N) is 1. The van der Waals surface area contributed by atoms with Crippen LogP contribution < -0.4 is 11.1 Å². The highest BCUT2D eigenvalue weighted by molar-refractivity contribution is 5.83. The summed E-state index contributed by atoms with van der Waals surface area (Å²) in [5.41, 5.74) is 8.48. The molecule has 1 amide bonds. The molecule has 0 bridgehead atoms. The molecule has 4 N–H and O–H groups in total. The number of rotatable bonds is 5. The summed E-state index contributed by atoms with van der Waals surface area (Å²) >= 11 is 0. The van der Waals surface area contributed by atoms with Crippen molar-refractivity contribution in [2.75, 3.05) is 19.6 Å². The predicted octanol–water partition coefficient (Wildman–Crippen LogP) is 1.35. The molecule has 1 aliphatic heterocycles. The number of β-amino-alcohol motifs (C(OH)–C–C–N with tert-alkyl or cyclic N) is 1. The molecule has 2 atom stereocenters. The number of carbonyl (C=O) groups is 1. The van der Waals surface area contributed by atoms with Crippen molar-refractivity contribution in [3.63, 3.8) is 0 Å². The summed E-state index contributed by atoms with van der Waals surface area (Å²) in [6, 6.07) is 16.9. The average molecular weight is 325 g/mol. The van der Waals surface area contributed by atoms with Gasteiger partial charge in [0.05, 0.1) is 6.10 Å². The van der Waals surface area contributed by atoms with E-state index in [9.17, 15) is 9.90 Å². The highest BCUT2D eigenvalue weighted by Crippen LogP contribution is 2.27. The molecule has 5 nitrogen and oxygen atoms in total. The Morgan fingerprint density at radius 3 is 2.62 bits per heavy atom. The number of benzene rings is 2. The summed E-state index contributed by atoms with van der Waals surface area (Å²) < 4.78 is 0. The molecule has 24 heavy (non-hydrogen) atoms. The molecule has 0 saturated carbocycles. The van der Waals surface area contributed by atoms with Crippen LogP contribution in [0.3, 0.4) is 0 Å². The van der Waals surface area contributed by atoms with Crippen molar-refractivity contribution >= 4 is 5.91 Å². The van der Waals surface area contributed by atoms with Crippen LogP contribution in [-0.4, -0.2) is 35.5 Å². The molecule has 126 valence electrons. The molecule has 0 radical (unpaired) electrons. The fourth-order valence-corrected chi connectivity index (χ4v) is 3.27. The van der Waals surface area contributed by atoms with Crippen molar-refractivity contribution in [2.45, 2.75) is 18.7 Å². The van der Waals surface area contributed by atoms with Gasteiger partial charge in [-0.05, 0) is 16.7 Å². The van der Waals surface area contributed by atoms with Crippen molar-refractivity contribution in [1.82, 2.24) is 10.2 Å². The molecule has 0 aliphatic carbocycles. The minimum atomic E-state index is -0.679. The van der Waals surface area contributed by atoms with Crippen molar-refractivity contribution in [3.8, 4) is 0 Å². The Bertz CT molecular complexity index is 690. The van der Waals surface area contributed by atoms with Crippen LogP contribution >= 0.6 is 0 Å². The monoisotopic (exact) mass is 325 g/mol. The summed E-state index contributed by atoms with van der Waals surface area (Å²) in [6.07, 6.45) is -0.679. The van der Waals surface area contributed by atoms with E-state index in [0.29, 0.717) is 26.2 Å². The zero-order chi connectivity index (χ0) is 16.9. The molecule has 1 saturated heterocycles. The lowest BCUT2D eigenvalue weighted by molar-refractivity contribution is -0.130. The number of hydrogen-bond acceptors (Lipinski definition) is 4. The minimum absolute atomic E-state index is 0.0215. The second-order valence-electron chi connectivity index (χ2n) is 6.02. The van der Waals surface area contributed by atoms with Crippen LogP contribution in [0.1, 0.15) is 28.8 Å². The van der Waals surface area contributed by atoms with Gasteiger partial charge in [0.1, 0.15) is 6.04 Å². The van der Waals surface area contributed by atoms with Crippen molar-refractivity contribution in [3.05, 3.63) is 71.3 Å². The second-order valence-corrected chi connectivity index (χ2v) is 6.02. The van der Waals surface area contributed by atoms with E-state index in [1.807, 2.05) is 59.5 Å². The first-order valence-corrected chi connectivity index (χ1v) is 8.23. The van der Waals surface area contributed by atoms with Crippen LogP contribution in [0.15, 0.2) is 54.6 Å². The van der Waals surface area contributed by atoms with E-state index in [0.717, 1.165) is 16.7 Å². The first kappa shape index (κ1) is 16.6. The molecule has 0 spiro atoms. The quantitative estimate of drug-likeness (QED) is 0.775. The van der Waals surface area contributed by atoms with Gasteiger partial charge < -0.3 is 16.2 Å². The third-order valence-corrected chi connectivity index (χ3v) is 4.47. The molecular weight excluding hydrogens is 302 g/mol. The van der Waals surface area contributed by atoms with Gasteiger partial charge in [0.25, 0.3) is 0 Å². The summed E-state index contributed by atoms with van der Waals surface area (Å²) in [7, 11) is 0. The lowest BCUT2D eigenvalue weighted by Crippen LogP contribution is -2.51. The molecular formula is C19H23N3O2. The van der Waals surface area contributed by atoms with Gasteiger partial charge in [-0.25, -0.2) is 0 Å². The highest BCUT2D eigenvalue weighted by Gasteiger charge is 2.32. The molecule has 1 aliphatic rings. The first-order valence-electron chi connectivity index (χ1n) is 8.23. The first-order chi connectivity index (χ1) is 11.7. The van der Waals surface area contributed by atoms with Crippen molar-refractivity contribution in [2.24, 2.45) is 5.73 Å². The van der Waals surface area contributed by atoms with Gasteiger partial charge in [-0.3, -0.25) is 9.69 Å². The van der Waals surface area contributed by atoms with Crippen LogP contribution in [0.25, 0.3) is 0 Å². The Balaban J connectivity index is 1.82. The fourth-order valence-electron chi connectivity index (χ4n) is 3.27. The van der Waals surface area contributed by atoms with E-state index in [4.69, 9.17) is 5.73 Å². The van der Waals surface area contributed by atoms with Gasteiger partial charge in [0.2, 0.25) is 5.91 Å². The van der Waals surface area contributed by atoms with Gasteiger partial charge in [0.15, 0.2) is 0 Å². The van der Waals surface area contributed by atoms with Crippen LogP contribution in [0, 0.1) is 0 Å². The number of amides is 1. The summed E-state index contributed by atoms with van der Waals surface area (Å²) in [6.45, 7) is 2.07. The van der Waals surface area contributed by atoms with Gasteiger partial charge in [0, 0.05) is 26.2 Å². The van der Waals surface area contributed by atoms with Crippen LogP contribution in [-0.2, 0) is 11.3 Å². The largest absolute Gasteiger partial charge is 0.387 e. The van der Waals surface area contributed by atoms with Crippen LogP contribution in [0.5, 0.6) is 0 Å². The van der Waals surface area contributed by atoms with Crippen molar-refractivity contribution < 1.29 is 9.90 Å². The lowest BCUT2D eigenvalue weighted by Gasteiger charge is -2.36. The second kappa shape index (κ2) is 7.57. The highest BCUT2D eigenvalue weighted by atomic mass is 16.3. The number of hydrogen-bond donors (Lipinski definition) is 3. The number of carbonyl (C=O) groups excluding carboxylic acids is 1. The predicted molar refractivity (Wildman–Crippen MR) is 93.1 cm³/mol. The number of aliphatic hydroxyl groups excluding tert-OH is 1. The third-order valence-electron chi connectivity index (χ3n) is 4.47.